The van der Waals surface area contributed by atoms with Crippen LogP contribution in [-0.4, -0.2) is 20.8 Å². The van der Waals surface area contributed by atoms with Crippen LogP contribution in [0.1, 0.15) is 21.6 Å². The number of carbonyl (C=O) groups is 1. The third-order valence-corrected chi connectivity index (χ3v) is 2.96. The molecule has 0 spiro atoms. The molecular formula is C13H13N5O3. The standard InChI is InChI=1S/C13H13N5O3/c1-8-9(3-2-4-11(8)18(20)21)5-17-13(19)10-6-16-12(14)7-15-10/h2-4,6-7H,5H2,1H3,(H2,14,16)(H,17,19). The number of rotatable bonds is 4. The van der Waals surface area contributed by atoms with Gasteiger partial charge >= 0.3 is 0 Å². The number of carbonyl (C=O) groups excluding carboxylic acids is 1. The van der Waals surface area contributed by atoms with E-state index >= 15 is 0 Å². The van der Waals surface area contributed by atoms with Crippen molar-refractivity contribution in [3.63, 3.8) is 0 Å². The zero-order chi connectivity index (χ0) is 15.4. The van der Waals surface area contributed by atoms with Gasteiger partial charge in [0.05, 0.1) is 17.3 Å². The summed E-state index contributed by atoms with van der Waals surface area (Å²) in [4.78, 5) is 29.9. The number of nitrogens with one attached hydrogen (secondary N) is 1. The van der Waals surface area contributed by atoms with Gasteiger partial charge in [0.2, 0.25) is 0 Å². The molecule has 0 saturated heterocycles. The van der Waals surface area contributed by atoms with E-state index < -0.39 is 10.8 Å². The lowest BCUT2D eigenvalue weighted by molar-refractivity contribution is -0.385. The number of nitrogens with two attached hydrogens (primary N) is 1. The molecule has 1 aromatic carbocycles. The molecule has 0 atom stereocenters. The first kappa shape index (κ1) is 14.4. The molecule has 8 heteroatoms. The van der Waals surface area contributed by atoms with E-state index in [1.54, 1.807) is 19.1 Å². The minimum absolute atomic E-state index is 0.0222. The van der Waals surface area contributed by atoms with Crippen LogP contribution < -0.4 is 11.1 Å². The van der Waals surface area contributed by atoms with Gasteiger partial charge in [-0.1, -0.05) is 12.1 Å². The largest absolute Gasteiger partial charge is 0.382 e. The monoisotopic (exact) mass is 287 g/mol. The lowest BCUT2D eigenvalue weighted by atomic mass is 10.1. The third-order valence-electron chi connectivity index (χ3n) is 2.96. The third kappa shape index (κ3) is 3.30. The fourth-order valence-electron chi connectivity index (χ4n) is 1.78. The number of anilines is 1. The summed E-state index contributed by atoms with van der Waals surface area (Å²) in [6.07, 6.45) is 2.55. The first-order chi connectivity index (χ1) is 9.99. The van der Waals surface area contributed by atoms with Crippen molar-refractivity contribution < 1.29 is 9.72 Å². The summed E-state index contributed by atoms with van der Waals surface area (Å²) in [5.74, 6) is -0.200. The Labute approximate surface area is 120 Å². The predicted molar refractivity (Wildman–Crippen MR) is 75.4 cm³/mol. The maximum absolute atomic E-state index is 11.9. The Bertz CT molecular complexity index is 685. The second kappa shape index (κ2) is 5.95. The molecule has 0 unspecified atom stereocenters. The number of aromatic nitrogens is 2. The van der Waals surface area contributed by atoms with Gasteiger partial charge in [-0.05, 0) is 12.5 Å². The molecule has 1 aromatic heterocycles. The Morgan fingerprint density at radius 2 is 2.14 bits per heavy atom. The van der Waals surface area contributed by atoms with Crippen molar-refractivity contribution in [2.75, 3.05) is 5.73 Å². The first-order valence-corrected chi connectivity index (χ1v) is 6.07. The average Bonchev–Trinajstić information content (AvgIpc) is 2.46. The normalized spacial score (nSPS) is 10.1. The second-order valence-corrected chi connectivity index (χ2v) is 4.33. The number of nitrogen functional groups attached to an aromatic ring is 1. The van der Waals surface area contributed by atoms with Crippen LogP contribution in [0.5, 0.6) is 0 Å². The molecule has 8 nitrogen and oxygen atoms in total. The number of nitro groups is 1. The molecule has 0 aliphatic heterocycles. The molecular weight excluding hydrogens is 274 g/mol. The maximum Gasteiger partial charge on any atom is 0.272 e. The summed E-state index contributed by atoms with van der Waals surface area (Å²) >= 11 is 0. The Morgan fingerprint density at radius 3 is 2.76 bits per heavy atom. The molecule has 3 N–H and O–H groups in total. The van der Waals surface area contributed by atoms with Gasteiger partial charge in [0.15, 0.2) is 0 Å². The number of amides is 1. The highest BCUT2D eigenvalue weighted by Crippen LogP contribution is 2.20. The van der Waals surface area contributed by atoms with Crippen LogP contribution in [0.25, 0.3) is 0 Å². The molecule has 2 aromatic rings. The van der Waals surface area contributed by atoms with Crippen LogP contribution in [0.4, 0.5) is 11.5 Å². The molecule has 0 aliphatic carbocycles. The molecule has 0 saturated carbocycles. The number of benzene rings is 1. The van der Waals surface area contributed by atoms with Crippen LogP contribution in [0.15, 0.2) is 30.6 Å². The summed E-state index contributed by atoms with van der Waals surface area (Å²) in [6.45, 7) is 1.81. The summed E-state index contributed by atoms with van der Waals surface area (Å²) in [6, 6.07) is 4.72. The highest BCUT2D eigenvalue weighted by molar-refractivity contribution is 5.91. The fourth-order valence-corrected chi connectivity index (χ4v) is 1.78. The van der Waals surface area contributed by atoms with Gasteiger partial charge in [-0.25, -0.2) is 9.97 Å². The van der Waals surface area contributed by atoms with Gasteiger partial charge in [0, 0.05) is 18.2 Å². The zero-order valence-electron chi connectivity index (χ0n) is 11.2. The van der Waals surface area contributed by atoms with E-state index in [1.165, 1.54) is 18.5 Å². The Hall–Kier alpha value is -3.03. The van der Waals surface area contributed by atoms with Crippen LogP contribution in [-0.2, 0) is 6.54 Å². The van der Waals surface area contributed by atoms with Crippen molar-refractivity contribution in [1.29, 1.82) is 0 Å². The Morgan fingerprint density at radius 1 is 1.38 bits per heavy atom. The molecule has 2 rings (SSSR count). The van der Waals surface area contributed by atoms with E-state index in [2.05, 4.69) is 15.3 Å². The van der Waals surface area contributed by atoms with Crippen LogP contribution in [0.2, 0.25) is 0 Å². The van der Waals surface area contributed by atoms with E-state index in [0.717, 1.165) is 0 Å². The topological polar surface area (TPSA) is 124 Å². The van der Waals surface area contributed by atoms with Crippen LogP contribution in [0, 0.1) is 17.0 Å². The minimum Gasteiger partial charge on any atom is -0.382 e. The molecule has 0 aliphatic rings. The highest BCUT2D eigenvalue weighted by Gasteiger charge is 2.14. The van der Waals surface area contributed by atoms with Crippen molar-refractivity contribution in [3.05, 3.63) is 57.5 Å². The van der Waals surface area contributed by atoms with Gasteiger partial charge in [-0.15, -0.1) is 0 Å². The van der Waals surface area contributed by atoms with E-state index in [1.807, 2.05) is 0 Å². The molecule has 0 radical (unpaired) electrons. The fraction of sp³-hybridized carbons (Fsp3) is 0.154. The number of hydrogen-bond acceptors (Lipinski definition) is 6. The van der Waals surface area contributed by atoms with Crippen LogP contribution in [0.3, 0.4) is 0 Å². The molecule has 1 heterocycles. The molecule has 0 fully saturated rings. The van der Waals surface area contributed by atoms with Gasteiger partial charge in [-0.3, -0.25) is 14.9 Å². The Balaban J connectivity index is 2.10. The van der Waals surface area contributed by atoms with Gasteiger partial charge in [0.1, 0.15) is 11.5 Å². The van der Waals surface area contributed by atoms with E-state index in [0.29, 0.717) is 11.1 Å². The average molecular weight is 287 g/mol. The van der Waals surface area contributed by atoms with E-state index in [9.17, 15) is 14.9 Å². The summed E-state index contributed by atoms with van der Waals surface area (Å²) in [7, 11) is 0. The molecule has 21 heavy (non-hydrogen) atoms. The van der Waals surface area contributed by atoms with E-state index in [-0.39, 0.29) is 23.7 Å². The Kier molecular flexibility index (Phi) is 4.07. The minimum atomic E-state index is -0.452. The van der Waals surface area contributed by atoms with Gasteiger partial charge in [-0.2, -0.15) is 0 Å². The number of nitro benzene ring substituents is 1. The van der Waals surface area contributed by atoms with Crippen molar-refractivity contribution in [3.8, 4) is 0 Å². The van der Waals surface area contributed by atoms with E-state index in [4.69, 9.17) is 5.73 Å². The van der Waals surface area contributed by atoms with Gasteiger partial charge < -0.3 is 11.1 Å². The predicted octanol–water partition coefficient (Wildman–Crippen LogP) is 1.21. The first-order valence-electron chi connectivity index (χ1n) is 6.07. The summed E-state index contributed by atoms with van der Waals surface area (Å²) < 4.78 is 0. The van der Waals surface area contributed by atoms with Crippen molar-refractivity contribution in [1.82, 2.24) is 15.3 Å². The van der Waals surface area contributed by atoms with Gasteiger partial charge in [0.25, 0.3) is 11.6 Å². The lowest BCUT2D eigenvalue weighted by Crippen LogP contribution is -2.24. The quantitative estimate of drug-likeness (QED) is 0.643. The molecule has 1 amide bonds. The maximum atomic E-state index is 11.9. The smallest absolute Gasteiger partial charge is 0.272 e. The highest BCUT2D eigenvalue weighted by atomic mass is 16.6. The van der Waals surface area contributed by atoms with Crippen LogP contribution >= 0.6 is 0 Å². The number of hydrogen-bond donors (Lipinski definition) is 2. The second-order valence-electron chi connectivity index (χ2n) is 4.33. The summed E-state index contributed by atoms with van der Waals surface area (Å²) in [5.41, 5.74) is 6.73. The molecule has 0 bridgehead atoms. The SMILES string of the molecule is Cc1c(CNC(=O)c2cnc(N)cn2)cccc1[N+](=O)[O-]. The summed E-state index contributed by atoms with van der Waals surface area (Å²) in [5, 5.41) is 13.5. The molecule has 108 valence electrons. The zero-order valence-corrected chi connectivity index (χ0v) is 11.2. The lowest BCUT2D eigenvalue weighted by Gasteiger charge is -2.08. The van der Waals surface area contributed by atoms with Crippen molar-refractivity contribution >= 4 is 17.4 Å². The number of nitrogens with zero attached hydrogens (tertiary/aromatic N) is 3. The van der Waals surface area contributed by atoms with Crippen molar-refractivity contribution in [2.24, 2.45) is 0 Å². The van der Waals surface area contributed by atoms with Crippen molar-refractivity contribution in [2.45, 2.75) is 13.5 Å².